The van der Waals surface area contributed by atoms with E-state index in [4.69, 9.17) is 9.47 Å². The van der Waals surface area contributed by atoms with E-state index >= 15 is 0 Å². The Hall–Kier alpha value is -2.49. The van der Waals surface area contributed by atoms with Gasteiger partial charge in [-0.1, -0.05) is 42.8 Å². The van der Waals surface area contributed by atoms with Gasteiger partial charge in [0.2, 0.25) is 0 Å². The van der Waals surface area contributed by atoms with Crippen LogP contribution in [-0.2, 0) is 4.79 Å². The number of ether oxygens (including phenoxy) is 2. The molecule has 134 valence electrons. The van der Waals surface area contributed by atoms with Gasteiger partial charge in [-0.2, -0.15) is 0 Å². The molecule has 1 atom stereocenters. The van der Waals surface area contributed by atoms with E-state index in [9.17, 15) is 4.79 Å². The van der Waals surface area contributed by atoms with Crippen LogP contribution in [0.15, 0.2) is 42.5 Å². The summed E-state index contributed by atoms with van der Waals surface area (Å²) in [6, 6.07) is 13.8. The summed E-state index contributed by atoms with van der Waals surface area (Å²) in [5, 5.41) is 2.89. The molecule has 1 amide bonds. The van der Waals surface area contributed by atoms with E-state index in [2.05, 4.69) is 18.3 Å². The van der Waals surface area contributed by atoms with E-state index in [1.54, 1.807) is 0 Å². The molecular weight excluding hydrogens is 314 g/mol. The predicted molar refractivity (Wildman–Crippen MR) is 100 cm³/mol. The molecule has 0 bridgehead atoms. The minimum absolute atomic E-state index is 0.116. The summed E-state index contributed by atoms with van der Waals surface area (Å²) in [7, 11) is 0. The first kappa shape index (κ1) is 18.8. The Morgan fingerprint density at radius 1 is 1.04 bits per heavy atom. The van der Waals surface area contributed by atoms with E-state index in [0.29, 0.717) is 19.6 Å². The monoisotopic (exact) mass is 341 g/mol. The van der Waals surface area contributed by atoms with Crippen LogP contribution >= 0.6 is 0 Å². The van der Waals surface area contributed by atoms with E-state index in [0.717, 1.165) is 22.6 Å². The maximum Gasteiger partial charge on any atom is 0.261 e. The highest BCUT2D eigenvalue weighted by molar-refractivity contribution is 5.81. The number of para-hydroxylation sites is 1. The summed E-state index contributed by atoms with van der Waals surface area (Å²) in [5.41, 5.74) is 3.32. The van der Waals surface area contributed by atoms with Crippen molar-refractivity contribution in [3.63, 3.8) is 0 Å². The third kappa shape index (κ3) is 5.52. The van der Waals surface area contributed by atoms with Gasteiger partial charge in [-0.3, -0.25) is 4.79 Å². The molecule has 0 saturated carbocycles. The van der Waals surface area contributed by atoms with E-state index in [-0.39, 0.29) is 5.91 Å². The highest BCUT2D eigenvalue weighted by atomic mass is 16.5. The molecule has 0 fully saturated rings. The van der Waals surface area contributed by atoms with Gasteiger partial charge in [0.1, 0.15) is 18.1 Å². The molecule has 25 heavy (non-hydrogen) atoms. The lowest BCUT2D eigenvalue weighted by Crippen LogP contribution is -2.39. The Morgan fingerprint density at radius 3 is 2.48 bits per heavy atom. The summed E-state index contributed by atoms with van der Waals surface area (Å²) >= 11 is 0. The molecular formula is C21H27NO3. The van der Waals surface area contributed by atoms with Crippen LogP contribution in [0, 0.1) is 20.8 Å². The lowest BCUT2D eigenvalue weighted by Gasteiger charge is -2.18. The van der Waals surface area contributed by atoms with Gasteiger partial charge in [0.15, 0.2) is 6.10 Å². The highest BCUT2D eigenvalue weighted by Gasteiger charge is 2.18. The molecule has 0 spiro atoms. The van der Waals surface area contributed by atoms with Crippen LogP contribution in [0.25, 0.3) is 0 Å². The van der Waals surface area contributed by atoms with Crippen LogP contribution in [0.5, 0.6) is 11.5 Å². The van der Waals surface area contributed by atoms with Gasteiger partial charge in [0, 0.05) is 0 Å². The zero-order valence-corrected chi connectivity index (χ0v) is 15.5. The minimum Gasteiger partial charge on any atom is -0.491 e. The second-order valence-corrected chi connectivity index (χ2v) is 6.19. The van der Waals surface area contributed by atoms with Crippen LogP contribution in [0.4, 0.5) is 0 Å². The van der Waals surface area contributed by atoms with Crippen molar-refractivity contribution in [1.82, 2.24) is 5.32 Å². The van der Waals surface area contributed by atoms with Crippen molar-refractivity contribution in [3.8, 4) is 11.5 Å². The van der Waals surface area contributed by atoms with Crippen LogP contribution < -0.4 is 14.8 Å². The number of aryl methyl sites for hydroxylation is 3. The summed E-state index contributed by atoms with van der Waals surface area (Å²) in [6.07, 6.45) is 0.111. The molecule has 0 radical (unpaired) electrons. The molecule has 0 aliphatic carbocycles. The van der Waals surface area contributed by atoms with Crippen LogP contribution in [0.1, 0.15) is 30.0 Å². The largest absolute Gasteiger partial charge is 0.491 e. The lowest BCUT2D eigenvalue weighted by molar-refractivity contribution is -0.128. The molecule has 2 rings (SSSR count). The number of nitrogens with one attached hydrogen (secondary N) is 1. The fraction of sp³-hybridized carbons (Fsp3) is 0.381. The summed E-state index contributed by atoms with van der Waals surface area (Å²) in [6.45, 7) is 8.85. The maximum atomic E-state index is 12.3. The summed E-state index contributed by atoms with van der Waals surface area (Å²) in [5.74, 6) is 1.48. The second-order valence-electron chi connectivity index (χ2n) is 6.19. The average molecular weight is 341 g/mol. The molecule has 4 heteroatoms. The van der Waals surface area contributed by atoms with Crippen molar-refractivity contribution >= 4 is 5.91 Å². The zero-order valence-electron chi connectivity index (χ0n) is 15.5. The van der Waals surface area contributed by atoms with Crippen molar-refractivity contribution in [1.29, 1.82) is 0 Å². The standard InChI is InChI=1S/C21H27NO3/c1-5-18(25-20-9-7-6-8-16(20)3)21(23)22-12-13-24-19-11-10-15(2)14-17(19)4/h6-11,14,18H,5,12-13H2,1-4H3,(H,22,23). The third-order valence-electron chi connectivity index (χ3n) is 4.02. The highest BCUT2D eigenvalue weighted by Crippen LogP contribution is 2.19. The van der Waals surface area contributed by atoms with Gasteiger partial charge in [-0.15, -0.1) is 0 Å². The lowest BCUT2D eigenvalue weighted by atomic mass is 10.1. The van der Waals surface area contributed by atoms with E-state index in [1.807, 2.05) is 57.2 Å². The van der Waals surface area contributed by atoms with Gasteiger partial charge in [0.25, 0.3) is 5.91 Å². The predicted octanol–water partition coefficient (Wildman–Crippen LogP) is 3.96. The van der Waals surface area contributed by atoms with Gasteiger partial charge in [-0.05, 0) is 50.5 Å². The van der Waals surface area contributed by atoms with Gasteiger partial charge in [-0.25, -0.2) is 0 Å². The van der Waals surface area contributed by atoms with E-state index in [1.165, 1.54) is 5.56 Å². The van der Waals surface area contributed by atoms with E-state index < -0.39 is 6.10 Å². The number of amides is 1. The van der Waals surface area contributed by atoms with Crippen LogP contribution in [0.2, 0.25) is 0 Å². The topological polar surface area (TPSA) is 47.6 Å². The first-order valence-corrected chi connectivity index (χ1v) is 8.71. The molecule has 1 unspecified atom stereocenters. The van der Waals surface area contributed by atoms with Gasteiger partial charge in [0.05, 0.1) is 6.54 Å². The Kier molecular flexibility index (Phi) is 6.87. The maximum absolute atomic E-state index is 12.3. The first-order valence-electron chi connectivity index (χ1n) is 8.71. The molecule has 0 aliphatic rings. The third-order valence-corrected chi connectivity index (χ3v) is 4.02. The van der Waals surface area contributed by atoms with Gasteiger partial charge >= 0.3 is 0 Å². The zero-order chi connectivity index (χ0) is 18.2. The van der Waals surface area contributed by atoms with Gasteiger partial charge < -0.3 is 14.8 Å². The number of benzene rings is 2. The molecule has 4 nitrogen and oxygen atoms in total. The first-order chi connectivity index (χ1) is 12.0. The number of carbonyl (C=O) groups is 1. The quantitative estimate of drug-likeness (QED) is 0.739. The Labute approximate surface area is 150 Å². The van der Waals surface area contributed by atoms with Crippen LogP contribution in [0.3, 0.4) is 0 Å². The number of carbonyl (C=O) groups excluding carboxylic acids is 1. The summed E-state index contributed by atoms with van der Waals surface area (Å²) in [4.78, 5) is 12.3. The molecule has 0 aliphatic heterocycles. The van der Waals surface area contributed by atoms with Crippen molar-refractivity contribution in [3.05, 3.63) is 59.2 Å². The van der Waals surface area contributed by atoms with Crippen molar-refractivity contribution in [2.24, 2.45) is 0 Å². The fourth-order valence-electron chi connectivity index (χ4n) is 2.57. The number of hydrogen-bond acceptors (Lipinski definition) is 3. The number of hydrogen-bond donors (Lipinski definition) is 1. The molecule has 1 N–H and O–H groups in total. The Bertz CT molecular complexity index is 712. The second kappa shape index (κ2) is 9.11. The van der Waals surface area contributed by atoms with Crippen molar-refractivity contribution in [2.45, 2.75) is 40.2 Å². The minimum atomic E-state index is -0.498. The Balaban J connectivity index is 1.81. The SMILES string of the molecule is CCC(Oc1ccccc1C)C(=O)NCCOc1ccc(C)cc1C. The molecule has 2 aromatic carbocycles. The molecule has 0 aromatic heterocycles. The Morgan fingerprint density at radius 2 is 1.80 bits per heavy atom. The molecule has 2 aromatic rings. The number of rotatable bonds is 8. The normalized spacial score (nSPS) is 11.7. The summed E-state index contributed by atoms with van der Waals surface area (Å²) < 4.78 is 11.6. The molecule has 0 heterocycles. The average Bonchev–Trinajstić information content (AvgIpc) is 2.59. The van der Waals surface area contributed by atoms with Crippen molar-refractivity contribution < 1.29 is 14.3 Å². The molecule has 0 saturated heterocycles. The smallest absolute Gasteiger partial charge is 0.261 e. The van der Waals surface area contributed by atoms with Crippen LogP contribution in [-0.4, -0.2) is 25.2 Å². The fourth-order valence-corrected chi connectivity index (χ4v) is 2.57. The van der Waals surface area contributed by atoms with Crippen molar-refractivity contribution in [2.75, 3.05) is 13.2 Å².